The summed E-state index contributed by atoms with van der Waals surface area (Å²) in [6.45, 7) is 1.79. The van der Waals surface area contributed by atoms with Gasteiger partial charge < -0.3 is 10.1 Å². The van der Waals surface area contributed by atoms with E-state index in [1.807, 2.05) is 17.5 Å². The van der Waals surface area contributed by atoms with Crippen LogP contribution in [0.15, 0.2) is 35.7 Å². The molecule has 0 aliphatic rings. The molecule has 3 rings (SSSR count). The molecule has 0 aliphatic carbocycles. The van der Waals surface area contributed by atoms with Gasteiger partial charge in [0.05, 0.1) is 34.0 Å². The largest absolute Gasteiger partial charge is 0.465 e. The van der Waals surface area contributed by atoms with E-state index < -0.39 is 5.97 Å². The first kappa shape index (κ1) is 17.6. The molecule has 25 heavy (non-hydrogen) atoms. The Kier molecular flexibility index (Phi) is 5.17. The molecule has 1 amide bonds. The third kappa shape index (κ3) is 3.73. The lowest BCUT2D eigenvalue weighted by atomic mass is 10.2. The summed E-state index contributed by atoms with van der Waals surface area (Å²) in [6, 6.07) is 8.47. The van der Waals surface area contributed by atoms with Crippen molar-refractivity contribution in [1.82, 2.24) is 4.98 Å². The molecule has 0 bridgehead atoms. The summed E-state index contributed by atoms with van der Waals surface area (Å²) in [7, 11) is 1.29. The number of nitrogens with zero attached hydrogens (tertiary/aromatic N) is 1. The summed E-state index contributed by atoms with van der Waals surface area (Å²) in [5, 5.41) is 5.84. The molecule has 2 aromatic heterocycles. The van der Waals surface area contributed by atoms with Crippen molar-refractivity contribution in [2.45, 2.75) is 6.92 Å². The Morgan fingerprint density at radius 3 is 2.76 bits per heavy atom. The first-order valence-corrected chi connectivity index (χ1v) is 9.27. The second-order valence-corrected chi connectivity index (χ2v) is 7.41. The van der Waals surface area contributed by atoms with Crippen LogP contribution >= 0.6 is 34.3 Å². The minimum absolute atomic E-state index is 0.308. The number of rotatable bonds is 4. The number of carbonyl (C=O) groups excluding carboxylic acids is 2. The second-order valence-electron chi connectivity index (χ2n) is 5.05. The Morgan fingerprint density at radius 2 is 2.08 bits per heavy atom. The van der Waals surface area contributed by atoms with Crippen molar-refractivity contribution < 1.29 is 14.3 Å². The highest BCUT2D eigenvalue weighted by Gasteiger charge is 2.18. The van der Waals surface area contributed by atoms with Crippen LogP contribution in [0.1, 0.15) is 25.7 Å². The van der Waals surface area contributed by atoms with Gasteiger partial charge in [0.2, 0.25) is 0 Å². The number of methoxy groups -OCH3 is 1. The predicted octanol–water partition coefficient (Wildman–Crippen LogP) is 4.87. The van der Waals surface area contributed by atoms with Crippen LogP contribution in [0, 0.1) is 6.92 Å². The van der Waals surface area contributed by atoms with Crippen LogP contribution in [-0.4, -0.2) is 24.0 Å². The van der Waals surface area contributed by atoms with Crippen molar-refractivity contribution in [3.63, 3.8) is 0 Å². The topological polar surface area (TPSA) is 68.3 Å². The Balaban J connectivity index is 1.87. The highest BCUT2D eigenvalue weighted by molar-refractivity contribution is 7.22. The van der Waals surface area contributed by atoms with E-state index in [0.29, 0.717) is 26.8 Å². The molecule has 3 aromatic rings. The number of hydrogen-bond donors (Lipinski definition) is 1. The molecule has 0 aliphatic heterocycles. The molecule has 2 heterocycles. The minimum Gasteiger partial charge on any atom is -0.465 e. The molecule has 1 N–H and O–H groups in total. The highest BCUT2D eigenvalue weighted by atomic mass is 35.5. The SMILES string of the molecule is COC(=O)c1ccc(Cl)c(NC(=O)c2sc(-c3cccs3)nc2C)c1. The van der Waals surface area contributed by atoms with Gasteiger partial charge in [0.25, 0.3) is 5.91 Å². The molecule has 128 valence electrons. The Hall–Kier alpha value is -2.22. The highest BCUT2D eigenvalue weighted by Crippen LogP contribution is 2.32. The van der Waals surface area contributed by atoms with Crippen LogP contribution in [0.5, 0.6) is 0 Å². The van der Waals surface area contributed by atoms with Crippen LogP contribution in [0.3, 0.4) is 0 Å². The van der Waals surface area contributed by atoms with Crippen LogP contribution in [0.25, 0.3) is 9.88 Å². The van der Waals surface area contributed by atoms with Gasteiger partial charge in [-0.25, -0.2) is 9.78 Å². The van der Waals surface area contributed by atoms with Crippen molar-refractivity contribution in [3.05, 3.63) is 56.9 Å². The van der Waals surface area contributed by atoms with Crippen molar-refractivity contribution in [3.8, 4) is 9.88 Å². The summed E-state index contributed by atoms with van der Waals surface area (Å²) in [4.78, 5) is 30.2. The maximum absolute atomic E-state index is 12.6. The summed E-state index contributed by atoms with van der Waals surface area (Å²) >= 11 is 9.01. The Bertz CT molecular complexity index is 936. The number of esters is 1. The molecular formula is C17H13ClN2O3S2. The van der Waals surface area contributed by atoms with Crippen molar-refractivity contribution >= 4 is 51.8 Å². The first-order valence-electron chi connectivity index (χ1n) is 7.20. The molecule has 0 radical (unpaired) electrons. The molecule has 0 spiro atoms. The van der Waals surface area contributed by atoms with E-state index in [-0.39, 0.29) is 5.91 Å². The predicted molar refractivity (Wildman–Crippen MR) is 101 cm³/mol. The van der Waals surface area contributed by atoms with Crippen LogP contribution in [-0.2, 0) is 4.74 Å². The van der Waals surface area contributed by atoms with Crippen LogP contribution < -0.4 is 5.32 Å². The number of amides is 1. The molecule has 8 heteroatoms. The van der Waals surface area contributed by atoms with Crippen LogP contribution in [0.4, 0.5) is 5.69 Å². The number of anilines is 1. The molecule has 0 fully saturated rings. The Labute approximate surface area is 157 Å². The number of aromatic nitrogens is 1. The number of ether oxygens (including phenoxy) is 1. The smallest absolute Gasteiger partial charge is 0.337 e. The average molecular weight is 393 g/mol. The second kappa shape index (κ2) is 7.35. The van der Waals surface area contributed by atoms with Gasteiger partial charge in [0.15, 0.2) is 0 Å². The summed E-state index contributed by atoms with van der Waals surface area (Å²) < 4.78 is 4.68. The Morgan fingerprint density at radius 1 is 1.28 bits per heavy atom. The van der Waals surface area contributed by atoms with Gasteiger partial charge in [-0.1, -0.05) is 17.7 Å². The van der Waals surface area contributed by atoms with Gasteiger partial charge in [-0.15, -0.1) is 22.7 Å². The standard InChI is InChI=1S/C17H13ClN2O3S2/c1-9-14(25-16(19-9)13-4-3-7-24-13)15(21)20-12-8-10(17(22)23-2)5-6-11(12)18/h3-8H,1-2H3,(H,20,21). The van der Waals surface area contributed by atoms with E-state index in [9.17, 15) is 9.59 Å². The van der Waals surface area contributed by atoms with Gasteiger partial charge in [0, 0.05) is 0 Å². The molecule has 0 saturated heterocycles. The number of benzene rings is 1. The molecule has 0 saturated carbocycles. The quantitative estimate of drug-likeness (QED) is 0.643. The van der Waals surface area contributed by atoms with Crippen LogP contribution in [0.2, 0.25) is 5.02 Å². The maximum Gasteiger partial charge on any atom is 0.337 e. The maximum atomic E-state index is 12.6. The number of carbonyl (C=O) groups is 2. The normalized spacial score (nSPS) is 10.5. The van der Waals surface area contributed by atoms with Gasteiger partial charge in [-0.05, 0) is 36.6 Å². The summed E-state index contributed by atoms with van der Waals surface area (Å²) in [5.41, 5.74) is 1.30. The van der Waals surface area contributed by atoms with E-state index >= 15 is 0 Å². The zero-order chi connectivity index (χ0) is 18.0. The fourth-order valence-electron chi connectivity index (χ4n) is 2.16. The van der Waals surface area contributed by atoms with Crippen molar-refractivity contribution in [2.24, 2.45) is 0 Å². The summed E-state index contributed by atoms with van der Waals surface area (Å²) in [6.07, 6.45) is 0. The average Bonchev–Trinajstić information content (AvgIpc) is 3.25. The third-order valence-corrected chi connectivity index (χ3v) is 5.90. The fourth-order valence-corrected chi connectivity index (χ4v) is 4.08. The van der Waals surface area contributed by atoms with Gasteiger partial charge >= 0.3 is 5.97 Å². The van der Waals surface area contributed by atoms with Crippen molar-refractivity contribution in [2.75, 3.05) is 12.4 Å². The summed E-state index contributed by atoms with van der Waals surface area (Å²) in [5.74, 6) is -0.817. The monoisotopic (exact) mass is 392 g/mol. The van der Waals surface area contributed by atoms with Gasteiger partial charge in [-0.3, -0.25) is 4.79 Å². The van der Waals surface area contributed by atoms with E-state index in [2.05, 4.69) is 15.0 Å². The fraction of sp³-hybridized carbons (Fsp3) is 0.118. The van der Waals surface area contributed by atoms with Gasteiger partial charge in [-0.2, -0.15) is 0 Å². The molecule has 0 unspecified atom stereocenters. The lowest BCUT2D eigenvalue weighted by Gasteiger charge is -2.08. The minimum atomic E-state index is -0.499. The number of hydrogen-bond acceptors (Lipinski definition) is 6. The number of thiophene rings is 1. The molecule has 0 atom stereocenters. The lowest BCUT2D eigenvalue weighted by Crippen LogP contribution is -2.13. The van der Waals surface area contributed by atoms with E-state index in [0.717, 1.165) is 9.88 Å². The number of thiazole rings is 1. The third-order valence-electron chi connectivity index (χ3n) is 3.37. The van der Waals surface area contributed by atoms with Crippen molar-refractivity contribution in [1.29, 1.82) is 0 Å². The zero-order valence-electron chi connectivity index (χ0n) is 13.3. The number of aryl methyl sites for hydroxylation is 1. The molecule has 5 nitrogen and oxygen atoms in total. The number of nitrogens with one attached hydrogen (secondary N) is 1. The molecule has 1 aromatic carbocycles. The lowest BCUT2D eigenvalue weighted by molar-refractivity contribution is 0.0600. The van der Waals surface area contributed by atoms with E-state index in [1.165, 1.54) is 30.6 Å². The molecular weight excluding hydrogens is 380 g/mol. The first-order chi connectivity index (χ1) is 12.0. The number of halogens is 1. The van der Waals surface area contributed by atoms with E-state index in [1.54, 1.807) is 24.3 Å². The zero-order valence-corrected chi connectivity index (χ0v) is 15.7. The van der Waals surface area contributed by atoms with Gasteiger partial charge in [0.1, 0.15) is 9.88 Å². The van der Waals surface area contributed by atoms with E-state index in [4.69, 9.17) is 11.6 Å².